The number of fused-ring (bicyclic) bond motifs is 2. The molecule has 5 rings (SSSR count). The van der Waals surface area contributed by atoms with Crippen LogP contribution in [0.15, 0.2) is 46.3 Å². The zero-order chi connectivity index (χ0) is 25.0. The van der Waals surface area contributed by atoms with Crippen molar-refractivity contribution in [2.24, 2.45) is 11.3 Å². The number of rotatable bonds is 6. The van der Waals surface area contributed by atoms with Crippen LogP contribution in [0.25, 0.3) is 11.8 Å². The second-order valence-electron chi connectivity index (χ2n) is 9.09. The van der Waals surface area contributed by atoms with Gasteiger partial charge in [0.25, 0.3) is 10.0 Å². The highest BCUT2D eigenvalue weighted by Gasteiger charge is 2.47. The summed E-state index contributed by atoms with van der Waals surface area (Å²) in [4.78, 5) is 0. The minimum Gasteiger partial charge on any atom is -0.233 e. The van der Waals surface area contributed by atoms with E-state index in [1.54, 1.807) is 12.1 Å². The predicted octanol–water partition coefficient (Wildman–Crippen LogP) is 5.95. The number of nitriles is 1. The Bertz CT molecular complexity index is 1450. The molecule has 0 saturated heterocycles. The molecular formula is C24H21Cl2FN4O2S2. The number of hydrogen-bond acceptors (Lipinski definition) is 5. The molecule has 1 saturated carbocycles. The van der Waals surface area contributed by atoms with Gasteiger partial charge in [-0.05, 0) is 72.6 Å². The van der Waals surface area contributed by atoms with Crippen LogP contribution in [-0.4, -0.2) is 35.6 Å². The molecule has 0 aliphatic heterocycles. The molecule has 2 heterocycles. The Morgan fingerprint density at radius 1 is 1.34 bits per heavy atom. The summed E-state index contributed by atoms with van der Waals surface area (Å²) >= 11 is 12.9. The van der Waals surface area contributed by atoms with Crippen LogP contribution in [0.3, 0.4) is 0 Å². The zero-order valence-electron chi connectivity index (χ0n) is 18.7. The average molecular weight is 551 g/mol. The normalized spacial score (nSPS) is 21.5. The van der Waals surface area contributed by atoms with E-state index in [-0.39, 0.29) is 43.8 Å². The fraction of sp³-hybridized carbons (Fsp3) is 0.333. The highest BCUT2D eigenvalue weighted by atomic mass is 35.5. The van der Waals surface area contributed by atoms with Gasteiger partial charge in [0.15, 0.2) is 0 Å². The lowest BCUT2D eigenvalue weighted by molar-refractivity contribution is 0.228. The number of allylic oxidation sites excluding steroid dienone is 1. The molecule has 0 bridgehead atoms. The quantitative estimate of drug-likeness (QED) is 0.355. The summed E-state index contributed by atoms with van der Waals surface area (Å²) in [7, 11) is -3.92. The summed E-state index contributed by atoms with van der Waals surface area (Å²) in [5.41, 5.74) is 3.77. The smallest absolute Gasteiger partial charge is 0.233 e. The van der Waals surface area contributed by atoms with Gasteiger partial charge in [-0.2, -0.15) is 14.7 Å². The van der Waals surface area contributed by atoms with E-state index in [0.717, 1.165) is 41.1 Å². The van der Waals surface area contributed by atoms with Gasteiger partial charge in [-0.15, -0.1) is 11.3 Å². The van der Waals surface area contributed by atoms with E-state index < -0.39 is 10.0 Å². The molecule has 0 spiro atoms. The van der Waals surface area contributed by atoms with Gasteiger partial charge in [0.05, 0.1) is 28.7 Å². The van der Waals surface area contributed by atoms with Crippen molar-refractivity contribution in [3.63, 3.8) is 0 Å². The molecule has 0 amide bonds. The van der Waals surface area contributed by atoms with Gasteiger partial charge in [-0.25, -0.2) is 17.5 Å². The van der Waals surface area contributed by atoms with E-state index >= 15 is 0 Å². The highest BCUT2D eigenvalue weighted by Crippen LogP contribution is 2.53. The van der Waals surface area contributed by atoms with Gasteiger partial charge in [0, 0.05) is 6.54 Å². The number of halogens is 3. The Morgan fingerprint density at radius 2 is 2.09 bits per heavy atom. The van der Waals surface area contributed by atoms with Crippen LogP contribution in [0.4, 0.5) is 4.39 Å². The first-order valence-corrected chi connectivity index (χ1v) is 14.0. The van der Waals surface area contributed by atoms with Gasteiger partial charge < -0.3 is 0 Å². The summed E-state index contributed by atoms with van der Waals surface area (Å²) in [6, 6.07) is 9.54. The number of sulfonamides is 1. The van der Waals surface area contributed by atoms with Crippen LogP contribution in [-0.2, 0) is 16.4 Å². The maximum Gasteiger partial charge on any atom is 0.253 e. The summed E-state index contributed by atoms with van der Waals surface area (Å²) < 4.78 is 43.4. The lowest BCUT2D eigenvalue weighted by atomic mass is 9.70. The molecular weight excluding hydrogens is 530 g/mol. The zero-order valence-corrected chi connectivity index (χ0v) is 21.9. The molecule has 0 radical (unpaired) electrons. The largest absolute Gasteiger partial charge is 0.253 e. The minimum atomic E-state index is -3.92. The van der Waals surface area contributed by atoms with Gasteiger partial charge in [0.1, 0.15) is 20.9 Å². The van der Waals surface area contributed by atoms with Crippen LogP contribution < -0.4 is 0 Å². The van der Waals surface area contributed by atoms with E-state index in [2.05, 4.69) is 18.1 Å². The maximum atomic E-state index is 13.4. The van der Waals surface area contributed by atoms with Crippen LogP contribution in [0, 0.1) is 28.5 Å². The Morgan fingerprint density at radius 3 is 2.74 bits per heavy atom. The van der Waals surface area contributed by atoms with Crippen LogP contribution in [0.2, 0.25) is 9.36 Å². The van der Waals surface area contributed by atoms with Crippen molar-refractivity contribution < 1.29 is 12.8 Å². The minimum absolute atomic E-state index is 0.0186. The molecule has 1 aromatic carbocycles. The molecule has 1 fully saturated rings. The third kappa shape index (κ3) is 4.21. The summed E-state index contributed by atoms with van der Waals surface area (Å²) in [6.07, 6.45) is 6.30. The topological polar surface area (TPSA) is 79.0 Å². The Labute approximate surface area is 217 Å². The van der Waals surface area contributed by atoms with Crippen molar-refractivity contribution in [3.05, 3.63) is 68.5 Å². The SMILES string of the molecule is C[C@]12Cc3cnn(-c4ccc(F)cc4)c3C=C1CC[C@@H]2CN(CC#N)S(=O)(=O)c1cc(Cl)c(Cl)s1. The lowest BCUT2D eigenvalue weighted by Crippen LogP contribution is -2.40. The predicted molar refractivity (Wildman–Crippen MR) is 135 cm³/mol. The van der Waals surface area contributed by atoms with Crippen LogP contribution in [0.1, 0.15) is 31.0 Å². The summed E-state index contributed by atoms with van der Waals surface area (Å²) in [6.45, 7) is 2.12. The first-order valence-electron chi connectivity index (χ1n) is 11.0. The lowest BCUT2D eigenvalue weighted by Gasteiger charge is -2.37. The molecule has 182 valence electrons. The Hall–Kier alpha value is -2.22. The monoisotopic (exact) mass is 550 g/mol. The van der Waals surface area contributed by atoms with E-state index in [1.807, 2.05) is 16.9 Å². The Balaban J connectivity index is 1.44. The number of benzene rings is 1. The number of nitrogens with zero attached hydrogens (tertiary/aromatic N) is 4. The first kappa shape index (κ1) is 24.5. The maximum absolute atomic E-state index is 13.4. The highest BCUT2D eigenvalue weighted by molar-refractivity contribution is 7.91. The third-order valence-electron chi connectivity index (χ3n) is 7.11. The molecule has 0 unspecified atom stereocenters. The molecule has 2 aliphatic rings. The fourth-order valence-electron chi connectivity index (χ4n) is 5.17. The number of hydrogen-bond donors (Lipinski definition) is 0. The molecule has 11 heteroatoms. The fourth-order valence-corrected chi connectivity index (χ4v) is 8.59. The average Bonchev–Trinajstić information content (AvgIpc) is 3.47. The molecule has 2 aromatic heterocycles. The van der Waals surface area contributed by atoms with Gasteiger partial charge in [0.2, 0.25) is 0 Å². The summed E-state index contributed by atoms with van der Waals surface area (Å²) in [5.74, 6) is -0.284. The second-order valence-corrected chi connectivity index (χ2v) is 13.3. The van der Waals surface area contributed by atoms with Crippen LogP contribution >= 0.6 is 34.5 Å². The molecule has 6 nitrogen and oxygen atoms in total. The molecule has 35 heavy (non-hydrogen) atoms. The van der Waals surface area contributed by atoms with Gasteiger partial charge >= 0.3 is 0 Å². The van der Waals surface area contributed by atoms with Crippen molar-refractivity contribution in [1.82, 2.24) is 14.1 Å². The molecule has 3 aromatic rings. The van der Waals surface area contributed by atoms with E-state index in [1.165, 1.54) is 28.1 Å². The molecule has 2 atom stereocenters. The van der Waals surface area contributed by atoms with Gasteiger partial charge in [-0.3, -0.25) is 0 Å². The van der Waals surface area contributed by atoms with E-state index in [0.29, 0.717) is 6.42 Å². The van der Waals surface area contributed by atoms with Crippen molar-refractivity contribution in [2.75, 3.05) is 13.1 Å². The van der Waals surface area contributed by atoms with E-state index in [4.69, 9.17) is 23.2 Å². The number of aromatic nitrogens is 2. The van der Waals surface area contributed by atoms with Gasteiger partial charge in [-0.1, -0.05) is 35.7 Å². The third-order valence-corrected chi connectivity index (χ3v) is 11.2. The first-order chi connectivity index (χ1) is 16.6. The summed E-state index contributed by atoms with van der Waals surface area (Å²) in [5, 5.41) is 14.1. The molecule has 2 aliphatic carbocycles. The van der Waals surface area contributed by atoms with E-state index in [9.17, 15) is 18.1 Å². The number of thiophene rings is 1. The Kier molecular flexibility index (Phi) is 6.31. The van der Waals surface area contributed by atoms with Crippen molar-refractivity contribution >= 4 is 50.6 Å². The van der Waals surface area contributed by atoms with Crippen molar-refractivity contribution in [1.29, 1.82) is 5.26 Å². The van der Waals surface area contributed by atoms with Crippen molar-refractivity contribution in [3.8, 4) is 11.8 Å². The molecule has 0 N–H and O–H groups in total. The van der Waals surface area contributed by atoms with Crippen LogP contribution in [0.5, 0.6) is 0 Å². The standard InChI is InChI=1S/C24H21Cl2FN4O2S2/c1-24-12-15-13-29-31(19-6-4-18(27)5-7-19)21(15)10-16(24)2-3-17(24)14-30(9-8-28)35(32,33)22-11-20(25)23(26)34-22/h4-7,10-11,13,17H,2-3,9,12,14H2,1H3/t17-,24+/m1/s1. The second kappa shape index (κ2) is 9.02. The van der Waals surface area contributed by atoms with Crippen molar-refractivity contribution in [2.45, 2.75) is 30.4 Å².